The Bertz CT molecular complexity index is 814. The number of nitrogens with zero attached hydrogens (tertiary/aromatic N) is 1. The Hall–Kier alpha value is -2.28. The lowest BCUT2D eigenvalue weighted by atomic mass is 10.0. The van der Waals surface area contributed by atoms with Gasteiger partial charge in [0.2, 0.25) is 12.7 Å². The van der Waals surface area contributed by atoms with Gasteiger partial charge in [-0.1, -0.05) is 29.8 Å². The largest absolute Gasteiger partial charge is 0.454 e. The fraction of sp³-hybridized carbons (Fsp3) is 0.316. The van der Waals surface area contributed by atoms with E-state index in [-0.39, 0.29) is 18.7 Å². The van der Waals surface area contributed by atoms with Gasteiger partial charge in [-0.2, -0.15) is 0 Å². The molecule has 0 saturated carbocycles. The number of anilines is 1. The Labute approximate surface area is 157 Å². The number of amides is 1. The number of hydrogen-bond donors (Lipinski definition) is 2. The van der Waals surface area contributed by atoms with Crippen LogP contribution in [-0.2, 0) is 4.79 Å². The summed E-state index contributed by atoms with van der Waals surface area (Å²) in [7, 11) is 0. The number of carbonyl (C=O) groups is 1. The molecule has 1 saturated heterocycles. The van der Waals surface area contributed by atoms with Crippen LogP contribution in [0.15, 0.2) is 42.5 Å². The molecule has 2 aliphatic rings. The number of fused-ring (bicyclic) bond motifs is 1. The summed E-state index contributed by atoms with van der Waals surface area (Å²) < 4.78 is 10.6. The maximum absolute atomic E-state index is 12.6. The summed E-state index contributed by atoms with van der Waals surface area (Å²) in [5.74, 6) is 1.28. The van der Waals surface area contributed by atoms with Crippen molar-refractivity contribution in [3.8, 4) is 11.5 Å². The first kappa shape index (κ1) is 17.1. The van der Waals surface area contributed by atoms with Crippen molar-refractivity contribution in [2.24, 2.45) is 0 Å². The average Bonchev–Trinajstić information content (AvgIpc) is 3.10. The van der Waals surface area contributed by atoms with Crippen LogP contribution >= 0.6 is 11.6 Å². The van der Waals surface area contributed by atoms with E-state index >= 15 is 0 Å². The molecule has 1 atom stereocenters. The normalized spacial score (nSPS) is 19.3. The van der Waals surface area contributed by atoms with E-state index in [0.29, 0.717) is 23.7 Å². The standard InChI is InChI=1S/C19H20ClN3O3/c20-15-4-2-1-3-14(15)16-10-21-7-8-23(16)11-19(24)22-13-5-6-17-18(9-13)26-12-25-17/h1-6,9,16,21H,7-8,10-12H2,(H,22,24). The molecule has 0 aromatic heterocycles. The zero-order chi connectivity index (χ0) is 17.9. The number of ether oxygens (including phenoxy) is 2. The summed E-state index contributed by atoms with van der Waals surface area (Å²) in [4.78, 5) is 14.7. The fourth-order valence-corrected chi connectivity index (χ4v) is 3.61. The summed E-state index contributed by atoms with van der Waals surface area (Å²) in [6, 6.07) is 13.3. The zero-order valence-corrected chi connectivity index (χ0v) is 15.0. The van der Waals surface area contributed by atoms with Gasteiger partial charge in [-0.3, -0.25) is 9.69 Å². The molecule has 26 heavy (non-hydrogen) atoms. The molecular weight excluding hydrogens is 354 g/mol. The highest BCUT2D eigenvalue weighted by Crippen LogP contribution is 2.34. The van der Waals surface area contributed by atoms with Gasteiger partial charge in [-0.05, 0) is 23.8 Å². The van der Waals surface area contributed by atoms with Crippen molar-refractivity contribution in [2.45, 2.75) is 6.04 Å². The number of nitrogens with one attached hydrogen (secondary N) is 2. The van der Waals surface area contributed by atoms with Crippen LogP contribution in [0.3, 0.4) is 0 Å². The number of hydrogen-bond acceptors (Lipinski definition) is 5. The first-order valence-corrected chi connectivity index (χ1v) is 8.97. The van der Waals surface area contributed by atoms with Crippen molar-refractivity contribution in [3.05, 3.63) is 53.1 Å². The minimum Gasteiger partial charge on any atom is -0.454 e. The molecular formula is C19H20ClN3O3. The first-order valence-electron chi connectivity index (χ1n) is 8.59. The molecule has 4 rings (SSSR count). The van der Waals surface area contributed by atoms with Gasteiger partial charge >= 0.3 is 0 Å². The third-order valence-electron chi connectivity index (χ3n) is 4.62. The SMILES string of the molecule is O=C(CN1CCNCC1c1ccccc1Cl)Nc1ccc2c(c1)OCO2. The highest BCUT2D eigenvalue weighted by atomic mass is 35.5. The summed E-state index contributed by atoms with van der Waals surface area (Å²) in [5, 5.41) is 7.04. The quantitative estimate of drug-likeness (QED) is 0.862. The smallest absolute Gasteiger partial charge is 0.238 e. The predicted octanol–water partition coefficient (Wildman–Crippen LogP) is 2.65. The van der Waals surface area contributed by atoms with E-state index in [2.05, 4.69) is 15.5 Å². The second-order valence-corrected chi connectivity index (χ2v) is 6.74. The Morgan fingerprint density at radius 3 is 2.96 bits per heavy atom. The lowest BCUT2D eigenvalue weighted by Gasteiger charge is -2.36. The van der Waals surface area contributed by atoms with Crippen molar-refractivity contribution < 1.29 is 14.3 Å². The van der Waals surface area contributed by atoms with Gasteiger partial charge in [0, 0.05) is 42.5 Å². The highest BCUT2D eigenvalue weighted by Gasteiger charge is 2.27. The predicted molar refractivity (Wildman–Crippen MR) is 99.8 cm³/mol. The summed E-state index contributed by atoms with van der Waals surface area (Å²) in [6.07, 6.45) is 0. The van der Waals surface area contributed by atoms with Gasteiger partial charge in [0.25, 0.3) is 0 Å². The number of rotatable bonds is 4. The monoisotopic (exact) mass is 373 g/mol. The van der Waals surface area contributed by atoms with E-state index in [1.165, 1.54) is 0 Å². The van der Waals surface area contributed by atoms with Gasteiger partial charge in [0.05, 0.1) is 6.54 Å². The minimum atomic E-state index is -0.0668. The molecule has 1 amide bonds. The maximum atomic E-state index is 12.6. The van der Waals surface area contributed by atoms with Gasteiger partial charge in [0.15, 0.2) is 11.5 Å². The molecule has 6 nitrogen and oxygen atoms in total. The van der Waals surface area contributed by atoms with E-state index in [0.717, 1.165) is 30.2 Å². The zero-order valence-electron chi connectivity index (χ0n) is 14.2. The third-order valence-corrected chi connectivity index (χ3v) is 4.97. The van der Waals surface area contributed by atoms with Crippen molar-refractivity contribution in [1.29, 1.82) is 0 Å². The molecule has 1 fully saturated rings. The Morgan fingerprint density at radius 1 is 1.23 bits per heavy atom. The molecule has 2 aliphatic heterocycles. The molecule has 2 aromatic carbocycles. The topological polar surface area (TPSA) is 62.8 Å². The molecule has 1 unspecified atom stereocenters. The minimum absolute atomic E-state index is 0.0668. The molecule has 0 radical (unpaired) electrons. The van der Waals surface area contributed by atoms with E-state index < -0.39 is 0 Å². The summed E-state index contributed by atoms with van der Waals surface area (Å²) >= 11 is 6.36. The maximum Gasteiger partial charge on any atom is 0.238 e. The molecule has 0 spiro atoms. The lowest BCUT2D eigenvalue weighted by molar-refractivity contribution is -0.118. The molecule has 2 N–H and O–H groups in total. The fourth-order valence-electron chi connectivity index (χ4n) is 3.35. The second kappa shape index (κ2) is 7.53. The summed E-state index contributed by atoms with van der Waals surface area (Å²) in [6.45, 7) is 2.91. The molecule has 0 bridgehead atoms. The van der Waals surface area contributed by atoms with E-state index in [9.17, 15) is 4.79 Å². The second-order valence-electron chi connectivity index (χ2n) is 6.33. The van der Waals surface area contributed by atoms with Crippen LogP contribution < -0.4 is 20.1 Å². The van der Waals surface area contributed by atoms with Crippen LogP contribution in [0.25, 0.3) is 0 Å². The number of benzene rings is 2. The number of carbonyl (C=O) groups excluding carboxylic acids is 1. The highest BCUT2D eigenvalue weighted by molar-refractivity contribution is 6.31. The molecule has 2 heterocycles. The van der Waals surface area contributed by atoms with Crippen LogP contribution in [0, 0.1) is 0 Å². The Morgan fingerprint density at radius 2 is 2.08 bits per heavy atom. The number of halogens is 1. The van der Waals surface area contributed by atoms with Crippen LogP contribution in [-0.4, -0.2) is 43.8 Å². The van der Waals surface area contributed by atoms with Gasteiger partial charge in [-0.25, -0.2) is 0 Å². The van der Waals surface area contributed by atoms with Gasteiger partial charge in [0.1, 0.15) is 0 Å². The molecule has 0 aliphatic carbocycles. The average molecular weight is 374 g/mol. The first-order chi connectivity index (χ1) is 12.7. The van der Waals surface area contributed by atoms with Crippen molar-refractivity contribution in [1.82, 2.24) is 10.2 Å². The molecule has 136 valence electrons. The Balaban J connectivity index is 1.44. The molecule has 2 aromatic rings. The molecule has 7 heteroatoms. The third kappa shape index (κ3) is 3.62. The van der Waals surface area contributed by atoms with Crippen LogP contribution in [0.5, 0.6) is 11.5 Å². The lowest BCUT2D eigenvalue weighted by Crippen LogP contribution is -2.48. The summed E-state index contributed by atoms with van der Waals surface area (Å²) in [5.41, 5.74) is 1.74. The van der Waals surface area contributed by atoms with Crippen molar-refractivity contribution >= 4 is 23.2 Å². The van der Waals surface area contributed by atoms with E-state index in [4.69, 9.17) is 21.1 Å². The van der Waals surface area contributed by atoms with Crippen LogP contribution in [0.2, 0.25) is 5.02 Å². The van der Waals surface area contributed by atoms with Crippen LogP contribution in [0.4, 0.5) is 5.69 Å². The van der Waals surface area contributed by atoms with E-state index in [1.807, 2.05) is 30.3 Å². The van der Waals surface area contributed by atoms with E-state index in [1.54, 1.807) is 12.1 Å². The van der Waals surface area contributed by atoms with Crippen molar-refractivity contribution in [2.75, 3.05) is 38.3 Å². The Kier molecular flexibility index (Phi) is 4.97. The van der Waals surface area contributed by atoms with Gasteiger partial charge in [-0.15, -0.1) is 0 Å². The van der Waals surface area contributed by atoms with Crippen LogP contribution in [0.1, 0.15) is 11.6 Å². The van der Waals surface area contributed by atoms with Crippen molar-refractivity contribution in [3.63, 3.8) is 0 Å². The van der Waals surface area contributed by atoms with Gasteiger partial charge < -0.3 is 20.1 Å². The number of piperazine rings is 1.